The molecule has 1 aliphatic rings. The minimum Gasteiger partial charge on any atom is -0.481 e. The van der Waals surface area contributed by atoms with Gasteiger partial charge < -0.3 is 20.1 Å². The highest BCUT2D eigenvalue weighted by molar-refractivity contribution is 5.75. The predicted molar refractivity (Wildman–Crippen MR) is 95.5 cm³/mol. The fraction of sp³-hybridized carbons (Fsp3) is 0.579. The number of nitrogens with one attached hydrogen (secondary N) is 1. The lowest BCUT2D eigenvalue weighted by Gasteiger charge is -2.37. The summed E-state index contributed by atoms with van der Waals surface area (Å²) in [7, 11) is 1.67. The molecule has 1 aromatic carbocycles. The van der Waals surface area contributed by atoms with E-state index in [1.54, 1.807) is 12.0 Å². The minimum absolute atomic E-state index is 0.0372. The van der Waals surface area contributed by atoms with Crippen LogP contribution in [0.1, 0.15) is 31.7 Å². The van der Waals surface area contributed by atoms with Gasteiger partial charge in [0.1, 0.15) is 0 Å². The van der Waals surface area contributed by atoms with Crippen LogP contribution in [0.5, 0.6) is 0 Å². The molecule has 1 aliphatic heterocycles. The standard InChI is InChI=1S/C19H28N2O4/c1-14-10-11-21(13-17(14)25-2)19(24)20-16(8-9-18(22)23)12-15-6-4-3-5-7-15/h3-7,14,16-17H,8-13H2,1-2H3,(H,20,24)(H,22,23). The zero-order valence-electron chi connectivity index (χ0n) is 15.0. The number of carboxylic acids is 1. The van der Waals surface area contributed by atoms with E-state index in [-0.39, 0.29) is 24.6 Å². The van der Waals surface area contributed by atoms with E-state index in [0.29, 0.717) is 31.8 Å². The van der Waals surface area contributed by atoms with Gasteiger partial charge in [-0.2, -0.15) is 0 Å². The van der Waals surface area contributed by atoms with E-state index in [4.69, 9.17) is 9.84 Å². The Morgan fingerprint density at radius 2 is 2.08 bits per heavy atom. The Kier molecular flexibility index (Phi) is 7.25. The number of aliphatic carboxylic acids is 1. The molecule has 3 unspecified atom stereocenters. The first-order valence-electron chi connectivity index (χ1n) is 8.83. The van der Waals surface area contributed by atoms with Crippen LogP contribution in [0.3, 0.4) is 0 Å². The first-order valence-corrected chi connectivity index (χ1v) is 8.83. The average Bonchev–Trinajstić information content (AvgIpc) is 2.60. The monoisotopic (exact) mass is 348 g/mol. The van der Waals surface area contributed by atoms with E-state index in [1.807, 2.05) is 30.3 Å². The number of likely N-dealkylation sites (tertiary alicyclic amines) is 1. The second kappa shape index (κ2) is 9.42. The van der Waals surface area contributed by atoms with Crippen LogP contribution in [0.25, 0.3) is 0 Å². The van der Waals surface area contributed by atoms with Gasteiger partial charge in [-0.25, -0.2) is 4.79 Å². The summed E-state index contributed by atoms with van der Waals surface area (Å²) in [5.41, 5.74) is 1.08. The molecule has 3 atom stereocenters. The van der Waals surface area contributed by atoms with Gasteiger partial charge in [-0.1, -0.05) is 37.3 Å². The number of hydrogen-bond donors (Lipinski definition) is 2. The third-order valence-corrected chi connectivity index (χ3v) is 4.84. The molecular weight excluding hydrogens is 320 g/mol. The molecule has 0 aromatic heterocycles. The molecule has 2 N–H and O–H groups in total. The quantitative estimate of drug-likeness (QED) is 0.794. The van der Waals surface area contributed by atoms with Crippen LogP contribution in [0.4, 0.5) is 4.79 Å². The molecule has 0 bridgehead atoms. The minimum atomic E-state index is -0.849. The number of ether oxygens (including phenoxy) is 1. The largest absolute Gasteiger partial charge is 0.481 e. The Morgan fingerprint density at radius 1 is 1.36 bits per heavy atom. The number of carbonyl (C=O) groups is 2. The summed E-state index contributed by atoms with van der Waals surface area (Å²) < 4.78 is 5.46. The molecule has 2 amide bonds. The van der Waals surface area contributed by atoms with Crippen LogP contribution in [0.2, 0.25) is 0 Å². The van der Waals surface area contributed by atoms with Gasteiger partial charge in [-0.05, 0) is 30.7 Å². The van der Waals surface area contributed by atoms with Crippen LogP contribution in [0, 0.1) is 5.92 Å². The Morgan fingerprint density at radius 3 is 2.72 bits per heavy atom. The smallest absolute Gasteiger partial charge is 0.317 e. The number of nitrogens with zero attached hydrogens (tertiary/aromatic N) is 1. The maximum Gasteiger partial charge on any atom is 0.317 e. The van der Waals surface area contributed by atoms with Crippen molar-refractivity contribution >= 4 is 12.0 Å². The summed E-state index contributed by atoms with van der Waals surface area (Å²) in [6.45, 7) is 3.40. The van der Waals surface area contributed by atoms with Crippen molar-refractivity contribution in [3.8, 4) is 0 Å². The molecule has 0 aliphatic carbocycles. The van der Waals surface area contributed by atoms with Gasteiger partial charge in [0.2, 0.25) is 0 Å². The fourth-order valence-electron chi connectivity index (χ4n) is 3.21. The van der Waals surface area contributed by atoms with Gasteiger partial charge in [-0.15, -0.1) is 0 Å². The van der Waals surface area contributed by atoms with E-state index >= 15 is 0 Å². The summed E-state index contributed by atoms with van der Waals surface area (Å²) in [5.74, 6) is -0.417. The van der Waals surface area contributed by atoms with Gasteiger partial charge in [0.05, 0.1) is 6.10 Å². The summed E-state index contributed by atoms with van der Waals surface area (Å²) in [5, 5.41) is 12.0. The number of rotatable bonds is 7. The number of piperidine rings is 1. The lowest BCUT2D eigenvalue weighted by molar-refractivity contribution is -0.137. The number of carboxylic acid groups (broad SMARTS) is 1. The van der Waals surface area contributed by atoms with E-state index < -0.39 is 5.97 Å². The third-order valence-electron chi connectivity index (χ3n) is 4.84. The molecule has 1 heterocycles. The third kappa shape index (κ3) is 6.05. The SMILES string of the molecule is COC1CN(C(=O)NC(CCC(=O)O)Cc2ccccc2)CCC1C. The first kappa shape index (κ1) is 19.2. The predicted octanol–water partition coefficient (Wildman–Crippen LogP) is 2.53. The number of carbonyl (C=O) groups excluding carboxylic acids is 1. The normalized spacial score (nSPS) is 21.6. The number of urea groups is 1. The van der Waals surface area contributed by atoms with Gasteiger partial charge in [0.25, 0.3) is 0 Å². The van der Waals surface area contributed by atoms with Crippen molar-refractivity contribution in [2.24, 2.45) is 5.92 Å². The molecule has 1 aromatic rings. The summed E-state index contributed by atoms with van der Waals surface area (Å²) in [6.07, 6.45) is 2.03. The van der Waals surface area contributed by atoms with Crippen molar-refractivity contribution in [1.29, 1.82) is 0 Å². The molecule has 6 heteroatoms. The van der Waals surface area contributed by atoms with Crippen LogP contribution < -0.4 is 5.32 Å². The molecule has 0 saturated carbocycles. The highest BCUT2D eigenvalue weighted by Crippen LogP contribution is 2.19. The highest BCUT2D eigenvalue weighted by atomic mass is 16.5. The maximum atomic E-state index is 12.6. The Balaban J connectivity index is 1.97. The maximum absolute atomic E-state index is 12.6. The fourth-order valence-corrected chi connectivity index (χ4v) is 3.21. The van der Waals surface area contributed by atoms with Crippen molar-refractivity contribution in [3.05, 3.63) is 35.9 Å². The van der Waals surface area contributed by atoms with Crippen molar-refractivity contribution in [2.75, 3.05) is 20.2 Å². The molecule has 6 nitrogen and oxygen atoms in total. The number of amides is 2. The molecule has 2 rings (SSSR count). The number of benzene rings is 1. The molecule has 1 saturated heterocycles. The van der Waals surface area contributed by atoms with Gasteiger partial charge in [0.15, 0.2) is 0 Å². The van der Waals surface area contributed by atoms with E-state index in [0.717, 1.165) is 12.0 Å². The van der Waals surface area contributed by atoms with Crippen molar-refractivity contribution in [3.63, 3.8) is 0 Å². The Bertz CT molecular complexity index is 564. The zero-order chi connectivity index (χ0) is 18.2. The van der Waals surface area contributed by atoms with Crippen molar-refractivity contribution < 1.29 is 19.4 Å². The summed E-state index contributed by atoms with van der Waals surface area (Å²) in [4.78, 5) is 25.3. The number of methoxy groups -OCH3 is 1. The van der Waals surface area contributed by atoms with Crippen molar-refractivity contribution in [2.45, 2.75) is 44.8 Å². The summed E-state index contributed by atoms with van der Waals surface area (Å²) >= 11 is 0. The summed E-state index contributed by atoms with van der Waals surface area (Å²) in [6, 6.07) is 9.47. The lowest BCUT2D eigenvalue weighted by atomic mass is 9.96. The van der Waals surface area contributed by atoms with Crippen LogP contribution in [0.15, 0.2) is 30.3 Å². The Labute approximate surface area is 149 Å². The van der Waals surface area contributed by atoms with Gasteiger partial charge in [-0.3, -0.25) is 4.79 Å². The van der Waals surface area contributed by atoms with E-state index in [9.17, 15) is 9.59 Å². The molecular formula is C19H28N2O4. The zero-order valence-corrected chi connectivity index (χ0v) is 15.0. The topological polar surface area (TPSA) is 78.9 Å². The van der Waals surface area contributed by atoms with Crippen LogP contribution >= 0.6 is 0 Å². The number of hydrogen-bond acceptors (Lipinski definition) is 3. The lowest BCUT2D eigenvalue weighted by Crippen LogP contribution is -2.52. The second-order valence-corrected chi connectivity index (χ2v) is 6.75. The second-order valence-electron chi connectivity index (χ2n) is 6.75. The Hall–Kier alpha value is -2.08. The molecule has 0 spiro atoms. The molecule has 25 heavy (non-hydrogen) atoms. The highest BCUT2D eigenvalue weighted by Gasteiger charge is 2.29. The van der Waals surface area contributed by atoms with Gasteiger partial charge in [0, 0.05) is 32.7 Å². The van der Waals surface area contributed by atoms with Crippen molar-refractivity contribution in [1.82, 2.24) is 10.2 Å². The first-order chi connectivity index (χ1) is 12.0. The van der Waals surface area contributed by atoms with E-state index in [2.05, 4.69) is 12.2 Å². The molecule has 0 radical (unpaired) electrons. The van der Waals surface area contributed by atoms with Gasteiger partial charge >= 0.3 is 12.0 Å². The average molecular weight is 348 g/mol. The van der Waals surface area contributed by atoms with Crippen LogP contribution in [-0.2, 0) is 16.0 Å². The molecule has 1 fully saturated rings. The van der Waals surface area contributed by atoms with Crippen LogP contribution in [-0.4, -0.2) is 54.4 Å². The molecule has 138 valence electrons. The van der Waals surface area contributed by atoms with E-state index in [1.165, 1.54) is 0 Å².